The van der Waals surface area contributed by atoms with Crippen LogP contribution >= 0.6 is 11.8 Å². The molecule has 0 bridgehead atoms. The van der Waals surface area contributed by atoms with Crippen molar-refractivity contribution in [2.45, 2.75) is 18.5 Å². The number of rotatable bonds is 6. The lowest BCUT2D eigenvalue weighted by Gasteiger charge is -2.08. The number of carbonyl (C=O) groups is 1. The molecule has 3 rings (SSSR count). The van der Waals surface area contributed by atoms with E-state index in [0.717, 1.165) is 27.2 Å². The largest absolute Gasteiger partial charge is 0.497 e. The molecular formula is C20H20N2O2S. The fourth-order valence-corrected chi connectivity index (χ4v) is 3.33. The number of thioether (sulfide) groups is 1. The molecule has 0 saturated carbocycles. The van der Waals surface area contributed by atoms with E-state index < -0.39 is 0 Å². The van der Waals surface area contributed by atoms with E-state index in [9.17, 15) is 4.79 Å². The number of ether oxygens (including phenoxy) is 1. The maximum absolute atomic E-state index is 12.1. The molecule has 0 radical (unpaired) electrons. The normalized spacial score (nSPS) is 10.6. The minimum absolute atomic E-state index is 0.00608. The molecule has 1 aromatic heterocycles. The molecule has 0 aliphatic heterocycles. The second-order valence-corrected chi connectivity index (χ2v) is 6.70. The van der Waals surface area contributed by atoms with Gasteiger partial charge >= 0.3 is 0 Å². The summed E-state index contributed by atoms with van der Waals surface area (Å²) in [6.45, 7) is 2.57. The van der Waals surface area contributed by atoms with E-state index in [0.29, 0.717) is 12.3 Å². The number of nitrogens with zero attached hydrogens (tertiary/aromatic N) is 1. The number of hydrogen-bond donors (Lipinski definition) is 1. The van der Waals surface area contributed by atoms with E-state index in [1.807, 2.05) is 48.5 Å². The highest BCUT2D eigenvalue weighted by Gasteiger charge is 2.07. The third kappa shape index (κ3) is 4.51. The van der Waals surface area contributed by atoms with Gasteiger partial charge in [-0.3, -0.25) is 4.79 Å². The van der Waals surface area contributed by atoms with Gasteiger partial charge in [-0.25, -0.2) is 4.98 Å². The molecule has 0 unspecified atom stereocenters. The van der Waals surface area contributed by atoms with Crippen LogP contribution in [0.2, 0.25) is 0 Å². The molecule has 4 nitrogen and oxygen atoms in total. The van der Waals surface area contributed by atoms with E-state index in [-0.39, 0.29) is 5.91 Å². The molecule has 1 heterocycles. The van der Waals surface area contributed by atoms with Crippen LogP contribution in [0.3, 0.4) is 0 Å². The monoisotopic (exact) mass is 352 g/mol. The number of fused-ring (bicyclic) bond motifs is 1. The molecule has 0 saturated heterocycles. The van der Waals surface area contributed by atoms with Crippen LogP contribution in [-0.2, 0) is 11.3 Å². The first-order valence-electron chi connectivity index (χ1n) is 8.04. The summed E-state index contributed by atoms with van der Waals surface area (Å²) in [6.07, 6.45) is 0. The predicted molar refractivity (Wildman–Crippen MR) is 102 cm³/mol. The second-order valence-electron chi connectivity index (χ2n) is 5.71. The first-order valence-corrected chi connectivity index (χ1v) is 9.03. The molecule has 1 N–H and O–H groups in total. The summed E-state index contributed by atoms with van der Waals surface area (Å²) in [5, 5.41) is 4.95. The first-order chi connectivity index (χ1) is 12.2. The van der Waals surface area contributed by atoms with Crippen LogP contribution < -0.4 is 10.1 Å². The van der Waals surface area contributed by atoms with Gasteiger partial charge in [0.15, 0.2) is 0 Å². The lowest BCUT2D eigenvalue weighted by Crippen LogP contribution is -2.24. The van der Waals surface area contributed by atoms with Crippen molar-refractivity contribution in [1.82, 2.24) is 10.3 Å². The van der Waals surface area contributed by atoms with E-state index in [4.69, 9.17) is 4.74 Å². The fraction of sp³-hybridized carbons (Fsp3) is 0.200. The number of para-hydroxylation sites is 1. The summed E-state index contributed by atoms with van der Waals surface area (Å²) in [6, 6.07) is 17.7. The van der Waals surface area contributed by atoms with Gasteiger partial charge in [0.1, 0.15) is 5.75 Å². The number of carbonyl (C=O) groups excluding carboxylic acids is 1. The van der Waals surface area contributed by atoms with Gasteiger partial charge in [-0.1, -0.05) is 42.1 Å². The Morgan fingerprint density at radius 1 is 1.16 bits per heavy atom. The van der Waals surface area contributed by atoms with Crippen molar-refractivity contribution in [2.24, 2.45) is 0 Å². The molecule has 0 aliphatic rings. The molecule has 3 aromatic rings. The maximum atomic E-state index is 12.1. The van der Waals surface area contributed by atoms with E-state index in [1.54, 1.807) is 7.11 Å². The highest BCUT2D eigenvalue weighted by molar-refractivity contribution is 7.99. The summed E-state index contributed by atoms with van der Waals surface area (Å²) < 4.78 is 5.12. The average molecular weight is 352 g/mol. The van der Waals surface area contributed by atoms with Gasteiger partial charge in [0.25, 0.3) is 0 Å². The number of benzene rings is 2. The Morgan fingerprint density at radius 2 is 1.92 bits per heavy atom. The van der Waals surface area contributed by atoms with E-state index in [2.05, 4.69) is 23.3 Å². The van der Waals surface area contributed by atoms with Gasteiger partial charge in [-0.2, -0.15) is 0 Å². The Balaban J connectivity index is 1.55. The Morgan fingerprint density at radius 3 is 2.68 bits per heavy atom. The zero-order valence-corrected chi connectivity index (χ0v) is 15.1. The zero-order chi connectivity index (χ0) is 17.6. The molecule has 128 valence electrons. The highest BCUT2D eigenvalue weighted by Crippen LogP contribution is 2.23. The number of methoxy groups -OCH3 is 1. The van der Waals surface area contributed by atoms with Gasteiger partial charge in [0.05, 0.1) is 23.4 Å². The predicted octanol–water partition coefficient (Wildman–Crippen LogP) is 3.96. The zero-order valence-electron chi connectivity index (χ0n) is 14.3. The Hall–Kier alpha value is -2.53. The third-order valence-electron chi connectivity index (χ3n) is 3.90. The Kier molecular flexibility index (Phi) is 5.56. The molecule has 0 spiro atoms. The number of aromatic nitrogens is 1. The third-order valence-corrected chi connectivity index (χ3v) is 4.81. The molecular weight excluding hydrogens is 332 g/mol. The molecule has 0 atom stereocenters. The van der Waals surface area contributed by atoms with Crippen molar-refractivity contribution in [3.05, 3.63) is 65.7 Å². The highest BCUT2D eigenvalue weighted by atomic mass is 32.2. The Labute approximate surface area is 151 Å². The van der Waals surface area contributed by atoms with Crippen LogP contribution in [0.15, 0.2) is 59.6 Å². The van der Waals surface area contributed by atoms with Crippen LogP contribution in [0, 0.1) is 6.92 Å². The van der Waals surface area contributed by atoms with Crippen molar-refractivity contribution < 1.29 is 9.53 Å². The van der Waals surface area contributed by atoms with Crippen LogP contribution in [0.5, 0.6) is 5.75 Å². The molecule has 2 aromatic carbocycles. The smallest absolute Gasteiger partial charge is 0.230 e. The molecule has 0 fully saturated rings. The van der Waals surface area contributed by atoms with E-state index in [1.165, 1.54) is 17.3 Å². The lowest BCUT2D eigenvalue weighted by molar-refractivity contribution is -0.118. The second kappa shape index (κ2) is 8.03. The molecule has 1 amide bonds. The van der Waals surface area contributed by atoms with Crippen molar-refractivity contribution in [2.75, 3.05) is 12.9 Å². The average Bonchev–Trinajstić information content (AvgIpc) is 2.65. The van der Waals surface area contributed by atoms with Crippen molar-refractivity contribution in [3.8, 4) is 5.75 Å². The summed E-state index contributed by atoms with van der Waals surface area (Å²) in [5.74, 6) is 1.15. The van der Waals surface area contributed by atoms with Gasteiger partial charge in [0, 0.05) is 11.9 Å². The standard InChI is InChI=1S/C20H20N2O2S/c1-14-11-20(22-18-6-4-3-5-17(14)18)25-13-19(23)21-12-15-7-9-16(24-2)10-8-15/h3-11H,12-13H2,1-2H3,(H,21,23). The molecule has 0 aliphatic carbocycles. The fourth-order valence-electron chi connectivity index (χ4n) is 2.53. The van der Waals surface area contributed by atoms with Crippen LogP contribution in [-0.4, -0.2) is 23.8 Å². The van der Waals surface area contributed by atoms with Crippen LogP contribution in [0.4, 0.5) is 0 Å². The summed E-state index contributed by atoms with van der Waals surface area (Å²) in [7, 11) is 1.64. The number of pyridine rings is 1. The summed E-state index contributed by atoms with van der Waals surface area (Å²) >= 11 is 1.46. The summed E-state index contributed by atoms with van der Waals surface area (Å²) in [4.78, 5) is 16.7. The van der Waals surface area contributed by atoms with Gasteiger partial charge in [-0.15, -0.1) is 0 Å². The quantitative estimate of drug-likeness (QED) is 0.682. The number of aryl methyl sites for hydroxylation is 1. The van der Waals surface area contributed by atoms with Crippen LogP contribution in [0.1, 0.15) is 11.1 Å². The topological polar surface area (TPSA) is 51.2 Å². The van der Waals surface area contributed by atoms with Crippen molar-refractivity contribution in [3.63, 3.8) is 0 Å². The number of nitrogens with one attached hydrogen (secondary N) is 1. The SMILES string of the molecule is COc1ccc(CNC(=O)CSc2cc(C)c3ccccc3n2)cc1. The van der Waals surface area contributed by atoms with Crippen LogP contribution in [0.25, 0.3) is 10.9 Å². The number of hydrogen-bond acceptors (Lipinski definition) is 4. The Bertz CT molecular complexity index is 879. The molecule has 25 heavy (non-hydrogen) atoms. The minimum Gasteiger partial charge on any atom is -0.497 e. The molecule has 5 heteroatoms. The maximum Gasteiger partial charge on any atom is 0.230 e. The van der Waals surface area contributed by atoms with Crippen molar-refractivity contribution >= 4 is 28.6 Å². The minimum atomic E-state index is -0.00608. The van der Waals surface area contributed by atoms with Gasteiger partial charge < -0.3 is 10.1 Å². The first kappa shape index (κ1) is 17.3. The van der Waals surface area contributed by atoms with Crippen molar-refractivity contribution in [1.29, 1.82) is 0 Å². The van der Waals surface area contributed by atoms with Gasteiger partial charge in [-0.05, 0) is 42.3 Å². The lowest BCUT2D eigenvalue weighted by atomic mass is 10.1. The summed E-state index contributed by atoms with van der Waals surface area (Å²) in [5.41, 5.74) is 3.18. The number of amides is 1. The van der Waals surface area contributed by atoms with Gasteiger partial charge in [0.2, 0.25) is 5.91 Å². The van der Waals surface area contributed by atoms with E-state index >= 15 is 0 Å².